The highest BCUT2D eigenvalue weighted by atomic mass is 16.2. The number of amides is 1. The maximum atomic E-state index is 13.2. The number of H-pyrrole nitrogens is 1. The summed E-state index contributed by atoms with van der Waals surface area (Å²) in [5.41, 5.74) is 3.81. The van der Waals surface area contributed by atoms with Gasteiger partial charge in [-0.25, -0.2) is 15.0 Å². The number of aromatic amines is 1. The molecule has 0 bridgehead atoms. The number of piperidine rings is 1. The van der Waals surface area contributed by atoms with Gasteiger partial charge in [0.2, 0.25) is 11.9 Å². The molecule has 158 valence electrons. The molecule has 1 amide bonds. The molecule has 1 fully saturated rings. The van der Waals surface area contributed by atoms with Crippen molar-refractivity contribution in [2.45, 2.75) is 46.6 Å². The molecule has 7 nitrogen and oxygen atoms in total. The molecular formula is C23H30N6O. The van der Waals surface area contributed by atoms with Gasteiger partial charge in [0.25, 0.3) is 0 Å². The molecule has 4 rings (SSSR count). The number of carbonyl (C=O) groups excluding carboxylic acids is 1. The molecule has 0 radical (unpaired) electrons. The first-order valence-electron chi connectivity index (χ1n) is 10.7. The fraction of sp³-hybridized carbons (Fsp3) is 0.478. The maximum Gasteiger partial charge on any atom is 0.225 e. The van der Waals surface area contributed by atoms with Crippen LogP contribution in [0.5, 0.6) is 0 Å². The molecule has 1 saturated heterocycles. The number of anilines is 1. The minimum atomic E-state index is -0.155. The van der Waals surface area contributed by atoms with Gasteiger partial charge in [0.15, 0.2) is 0 Å². The molecule has 0 unspecified atom stereocenters. The lowest BCUT2D eigenvalue weighted by Crippen LogP contribution is -2.45. The number of para-hydroxylation sites is 2. The molecule has 0 spiro atoms. The van der Waals surface area contributed by atoms with Crippen molar-refractivity contribution < 1.29 is 4.79 Å². The van der Waals surface area contributed by atoms with E-state index >= 15 is 0 Å². The van der Waals surface area contributed by atoms with Gasteiger partial charge in [-0.3, -0.25) is 4.79 Å². The summed E-state index contributed by atoms with van der Waals surface area (Å²) >= 11 is 0. The summed E-state index contributed by atoms with van der Waals surface area (Å²) in [6, 6.07) is 9.77. The summed E-state index contributed by atoms with van der Waals surface area (Å²) in [4.78, 5) is 32.6. The Morgan fingerprint density at radius 2 is 1.90 bits per heavy atom. The summed E-state index contributed by atoms with van der Waals surface area (Å²) in [5, 5.41) is 3.26. The molecule has 2 N–H and O–H groups in total. The summed E-state index contributed by atoms with van der Waals surface area (Å²) < 4.78 is 0. The van der Waals surface area contributed by atoms with Gasteiger partial charge in [-0.05, 0) is 50.8 Å². The van der Waals surface area contributed by atoms with E-state index in [2.05, 4.69) is 39.0 Å². The topological polar surface area (TPSA) is 86.8 Å². The highest BCUT2D eigenvalue weighted by Gasteiger charge is 2.30. The molecule has 3 heterocycles. The molecule has 1 aliphatic heterocycles. The standard InChI is InChI=1S/C23H30N6O/c1-14(2)20(21-26-18-9-5-6-10-19(18)27-21)28-22(30)17-8-7-11-29(13-17)23-24-15(3)12-16(4)25-23/h5-6,9-10,12,14,17,20H,7-8,11,13H2,1-4H3,(H,26,27)(H,28,30)/t17-,20-/m0/s1. The first-order valence-corrected chi connectivity index (χ1v) is 10.7. The highest BCUT2D eigenvalue weighted by Crippen LogP contribution is 2.25. The lowest BCUT2D eigenvalue weighted by molar-refractivity contribution is -0.126. The third kappa shape index (κ3) is 4.30. The van der Waals surface area contributed by atoms with E-state index in [1.165, 1.54) is 0 Å². The Morgan fingerprint density at radius 1 is 1.17 bits per heavy atom. The molecule has 7 heteroatoms. The van der Waals surface area contributed by atoms with Crippen LogP contribution in [-0.2, 0) is 4.79 Å². The summed E-state index contributed by atoms with van der Waals surface area (Å²) in [5.74, 6) is 1.74. The first-order chi connectivity index (χ1) is 14.4. The van der Waals surface area contributed by atoms with E-state index in [9.17, 15) is 4.79 Å². The summed E-state index contributed by atoms with van der Waals surface area (Å²) in [6.45, 7) is 9.69. The van der Waals surface area contributed by atoms with Crippen LogP contribution in [0.2, 0.25) is 0 Å². The largest absolute Gasteiger partial charge is 0.346 e. The quantitative estimate of drug-likeness (QED) is 0.675. The zero-order chi connectivity index (χ0) is 21.3. The van der Waals surface area contributed by atoms with Gasteiger partial charge in [0.1, 0.15) is 5.82 Å². The van der Waals surface area contributed by atoms with Crippen molar-refractivity contribution in [3.05, 3.63) is 47.5 Å². The third-order valence-electron chi connectivity index (χ3n) is 5.71. The van der Waals surface area contributed by atoms with E-state index in [4.69, 9.17) is 4.98 Å². The monoisotopic (exact) mass is 406 g/mol. The number of imidazole rings is 1. The third-order valence-corrected chi connectivity index (χ3v) is 5.71. The fourth-order valence-corrected chi connectivity index (χ4v) is 4.16. The Morgan fingerprint density at radius 3 is 2.60 bits per heavy atom. The zero-order valence-corrected chi connectivity index (χ0v) is 18.1. The van der Waals surface area contributed by atoms with Crippen LogP contribution in [0.15, 0.2) is 30.3 Å². The molecule has 2 atom stereocenters. The molecule has 1 aromatic carbocycles. The van der Waals surface area contributed by atoms with E-state index in [0.29, 0.717) is 6.54 Å². The molecule has 0 aliphatic carbocycles. The lowest BCUT2D eigenvalue weighted by Gasteiger charge is -2.33. The van der Waals surface area contributed by atoms with Crippen LogP contribution in [0.4, 0.5) is 5.95 Å². The van der Waals surface area contributed by atoms with Crippen molar-refractivity contribution in [3.8, 4) is 0 Å². The number of hydrogen-bond donors (Lipinski definition) is 2. The van der Waals surface area contributed by atoms with Crippen molar-refractivity contribution in [1.82, 2.24) is 25.3 Å². The Labute approximate surface area is 177 Å². The second-order valence-electron chi connectivity index (χ2n) is 8.61. The lowest BCUT2D eigenvalue weighted by atomic mass is 9.95. The van der Waals surface area contributed by atoms with E-state index < -0.39 is 0 Å². The predicted molar refractivity (Wildman–Crippen MR) is 118 cm³/mol. The first kappa shape index (κ1) is 20.3. The number of nitrogens with zero attached hydrogens (tertiary/aromatic N) is 4. The summed E-state index contributed by atoms with van der Waals surface area (Å²) in [7, 11) is 0. The van der Waals surface area contributed by atoms with Gasteiger partial charge in [-0.15, -0.1) is 0 Å². The Hall–Kier alpha value is -2.96. The normalized spacial score (nSPS) is 18.0. The average molecular weight is 407 g/mol. The van der Waals surface area contributed by atoms with Gasteiger partial charge < -0.3 is 15.2 Å². The van der Waals surface area contributed by atoms with Crippen LogP contribution in [0.3, 0.4) is 0 Å². The average Bonchev–Trinajstić information content (AvgIpc) is 3.14. The number of aromatic nitrogens is 4. The number of aryl methyl sites for hydroxylation is 2. The Balaban J connectivity index is 1.49. The van der Waals surface area contributed by atoms with Crippen LogP contribution >= 0.6 is 0 Å². The Kier molecular flexibility index (Phi) is 5.70. The summed E-state index contributed by atoms with van der Waals surface area (Å²) in [6.07, 6.45) is 1.82. The number of rotatable bonds is 5. The zero-order valence-electron chi connectivity index (χ0n) is 18.1. The van der Waals surface area contributed by atoms with Crippen molar-refractivity contribution in [2.75, 3.05) is 18.0 Å². The predicted octanol–water partition coefficient (Wildman–Crippen LogP) is 3.70. The van der Waals surface area contributed by atoms with Crippen LogP contribution in [0.25, 0.3) is 11.0 Å². The van der Waals surface area contributed by atoms with Crippen LogP contribution in [0, 0.1) is 25.7 Å². The van der Waals surface area contributed by atoms with Crippen molar-refractivity contribution >= 4 is 22.9 Å². The van der Waals surface area contributed by atoms with E-state index in [-0.39, 0.29) is 23.8 Å². The Bertz CT molecular complexity index is 990. The molecular weight excluding hydrogens is 376 g/mol. The smallest absolute Gasteiger partial charge is 0.225 e. The molecule has 30 heavy (non-hydrogen) atoms. The minimum Gasteiger partial charge on any atom is -0.346 e. The highest BCUT2D eigenvalue weighted by molar-refractivity contribution is 5.80. The van der Waals surface area contributed by atoms with E-state index in [0.717, 1.165) is 53.6 Å². The maximum absolute atomic E-state index is 13.2. The molecule has 3 aromatic rings. The SMILES string of the molecule is Cc1cc(C)nc(N2CCC[C@H](C(=O)N[C@H](c3nc4ccccc4[nH]3)C(C)C)C2)n1. The second-order valence-corrected chi connectivity index (χ2v) is 8.61. The fourth-order valence-electron chi connectivity index (χ4n) is 4.16. The van der Waals surface area contributed by atoms with Crippen molar-refractivity contribution in [2.24, 2.45) is 11.8 Å². The molecule has 0 saturated carbocycles. The number of carbonyl (C=O) groups is 1. The number of benzene rings is 1. The van der Waals surface area contributed by atoms with Crippen LogP contribution < -0.4 is 10.2 Å². The second kappa shape index (κ2) is 8.42. The number of fused-ring (bicyclic) bond motifs is 1. The number of nitrogens with one attached hydrogen (secondary N) is 2. The molecule has 2 aromatic heterocycles. The van der Waals surface area contributed by atoms with E-state index in [1.807, 2.05) is 44.2 Å². The van der Waals surface area contributed by atoms with Gasteiger partial charge in [0, 0.05) is 24.5 Å². The van der Waals surface area contributed by atoms with Gasteiger partial charge >= 0.3 is 0 Å². The number of hydrogen-bond acceptors (Lipinski definition) is 5. The van der Waals surface area contributed by atoms with Gasteiger partial charge in [0.05, 0.1) is 23.0 Å². The van der Waals surface area contributed by atoms with E-state index in [1.54, 1.807) is 0 Å². The van der Waals surface area contributed by atoms with Gasteiger partial charge in [-0.2, -0.15) is 0 Å². The molecule has 1 aliphatic rings. The van der Waals surface area contributed by atoms with Crippen molar-refractivity contribution in [3.63, 3.8) is 0 Å². The van der Waals surface area contributed by atoms with Crippen LogP contribution in [0.1, 0.15) is 49.9 Å². The van der Waals surface area contributed by atoms with Crippen molar-refractivity contribution in [1.29, 1.82) is 0 Å². The minimum absolute atomic E-state index is 0.0724. The van der Waals surface area contributed by atoms with Gasteiger partial charge in [-0.1, -0.05) is 26.0 Å². The van der Waals surface area contributed by atoms with Crippen LogP contribution in [-0.4, -0.2) is 38.9 Å².